The number of carboxylic acids is 1. The minimum Gasteiger partial charge on any atom is -0.475 e. The molecule has 0 aliphatic carbocycles. The molecule has 3 nitrogen and oxygen atoms in total. The van der Waals surface area contributed by atoms with E-state index in [1.807, 2.05) is 13.8 Å². The van der Waals surface area contributed by atoms with Crippen molar-refractivity contribution in [2.24, 2.45) is 0 Å². The van der Waals surface area contributed by atoms with Crippen molar-refractivity contribution in [3.05, 3.63) is 33.8 Å². The van der Waals surface area contributed by atoms with Gasteiger partial charge in [0, 0.05) is 10.0 Å². The zero-order chi connectivity index (χ0) is 11.6. The Morgan fingerprint density at radius 1 is 1.33 bits per heavy atom. The number of carbonyl (C=O) groups excluding carboxylic acids is 1. The van der Waals surface area contributed by atoms with E-state index in [9.17, 15) is 9.59 Å². The number of ketones is 1. The van der Waals surface area contributed by atoms with Crippen molar-refractivity contribution in [3.63, 3.8) is 0 Å². The van der Waals surface area contributed by atoms with Crippen molar-refractivity contribution in [3.8, 4) is 0 Å². The second kappa shape index (κ2) is 4.57. The molecule has 0 fully saturated rings. The van der Waals surface area contributed by atoms with E-state index in [1.54, 1.807) is 12.1 Å². The highest BCUT2D eigenvalue weighted by atomic mass is 79.9. The molecule has 0 amide bonds. The van der Waals surface area contributed by atoms with Gasteiger partial charge in [0.25, 0.3) is 5.78 Å². The topological polar surface area (TPSA) is 54.4 Å². The third kappa shape index (κ3) is 2.65. The van der Waals surface area contributed by atoms with Crippen LogP contribution in [0, 0.1) is 0 Å². The minimum absolute atomic E-state index is 0.193. The molecule has 1 aromatic carbocycles. The first-order chi connectivity index (χ1) is 6.93. The summed E-state index contributed by atoms with van der Waals surface area (Å²) < 4.78 is 0.768. The molecule has 0 atom stereocenters. The summed E-state index contributed by atoms with van der Waals surface area (Å²) in [7, 11) is 0. The molecule has 0 saturated heterocycles. The fourth-order valence-electron chi connectivity index (χ4n) is 1.26. The molecule has 1 rings (SSSR count). The Hall–Kier alpha value is -1.16. The van der Waals surface area contributed by atoms with Gasteiger partial charge in [0.2, 0.25) is 0 Å². The SMILES string of the molecule is CC(C)c1ccc(C(=O)C(=O)O)cc1Br. The summed E-state index contributed by atoms with van der Waals surface area (Å²) in [5.74, 6) is -1.99. The predicted molar refractivity (Wildman–Crippen MR) is 60.2 cm³/mol. The molecule has 0 radical (unpaired) electrons. The smallest absolute Gasteiger partial charge is 0.377 e. The van der Waals surface area contributed by atoms with Gasteiger partial charge in [-0.25, -0.2) is 4.79 Å². The van der Waals surface area contributed by atoms with Gasteiger partial charge in [0.05, 0.1) is 0 Å². The van der Waals surface area contributed by atoms with E-state index in [-0.39, 0.29) is 5.56 Å². The summed E-state index contributed by atoms with van der Waals surface area (Å²) in [6.45, 7) is 4.05. The van der Waals surface area contributed by atoms with Gasteiger partial charge in [-0.15, -0.1) is 0 Å². The highest BCUT2D eigenvalue weighted by Crippen LogP contribution is 2.25. The van der Waals surface area contributed by atoms with Crippen LogP contribution in [0.4, 0.5) is 0 Å². The first-order valence-corrected chi connectivity index (χ1v) is 5.30. The van der Waals surface area contributed by atoms with Crippen LogP contribution in [-0.2, 0) is 4.79 Å². The molecule has 0 spiro atoms. The summed E-state index contributed by atoms with van der Waals surface area (Å²) in [6.07, 6.45) is 0. The normalized spacial score (nSPS) is 10.4. The molecule has 0 saturated carbocycles. The lowest BCUT2D eigenvalue weighted by Crippen LogP contribution is -2.12. The van der Waals surface area contributed by atoms with Gasteiger partial charge < -0.3 is 5.11 Å². The molecule has 0 unspecified atom stereocenters. The highest BCUT2D eigenvalue weighted by Gasteiger charge is 2.16. The molecule has 0 aliphatic rings. The quantitative estimate of drug-likeness (QED) is 0.679. The van der Waals surface area contributed by atoms with Crippen LogP contribution < -0.4 is 0 Å². The van der Waals surface area contributed by atoms with E-state index in [4.69, 9.17) is 5.11 Å². The maximum atomic E-state index is 11.2. The van der Waals surface area contributed by atoms with Gasteiger partial charge in [-0.05, 0) is 17.5 Å². The van der Waals surface area contributed by atoms with Gasteiger partial charge in [0.1, 0.15) is 0 Å². The van der Waals surface area contributed by atoms with Crippen LogP contribution in [-0.4, -0.2) is 16.9 Å². The Morgan fingerprint density at radius 3 is 2.33 bits per heavy atom. The molecule has 0 bridgehead atoms. The largest absolute Gasteiger partial charge is 0.475 e. The Kier molecular flexibility index (Phi) is 3.63. The van der Waals surface area contributed by atoms with Gasteiger partial charge in [-0.1, -0.05) is 41.9 Å². The van der Waals surface area contributed by atoms with Crippen molar-refractivity contribution in [1.29, 1.82) is 0 Å². The van der Waals surface area contributed by atoms with E-state index in [0.29, 0.717) is 5.92 Å². The number of halogens is 1. The number of aliphatic carboxylic acids is 1. The third-order valence-electron chi connectivity index (χ3n) is 2.08. The average molecular weight is 271 g/mol. The van der Waals surface area contributed by atoms with Crippen molar-refractivity contribution in [2.75, 3.05) is 0 Å². The van der Waals surface area contributed by atoms with Crippen LogP contribution in [0.5, 0.6) is 0 Å². The van der Waals surface area contributed by atoms with Gasteiger partial charge >= 0.3 is 5.97 Å². The second-order valence-corrected chi connectivity index (χ2v) is 4.38. The van der Waals surface area contributed by atoms with E-state index in [2.05, 4.69) is 15.9 Å². The number of hydrogen-bond donors (Lipinski definition) is 1. The van der Waals surface area contributed by atoms with Crippen LogP contribution in [0.1, 0.15) is 35.7 Å². The Balaban J connectivity index is 3.12. The van der Waals surface area contributed by atoms with Crippen LogP contribution in [0.3, 0.4) is 0 Å². The molecular formula is C11H11BrO3. The molecule has 0 heterocycles. The number of carboxylic acid groups (broad SMARTS) is 1. The van der Waals surface area contributed by atoms with Crippen LogP contribution >= 0.6 is 15.9 Å². The highest BCUT2D eigenvalue weighted by molar-refractivity contribution is 9.10. The second-order valence-electron chi connectivity index (χ2n) is 3.53. The number of carbonyl (C=O) groups is 2. The van der Waals surface area contributed by atoms with E-state index in [0.717, 1.165) is 10.0 Å². The van der Waals surface area contributed by atoms with Gasteiger partial charge in [-0.3, -0.25) is 4.79 Å². The number of benzene rings is 1. The van der Waals surface area contributed by atoms with Crippen molar-refractivity contribution in [1.82, 2.24) is 0 Å². The molecule has 4 heteroatoms. The zero-order valence-electron chi connectivity index (χ0n) is 8.45. The number of hydrogen-bond acceptors (Lipinski definition) is 2. The molecular weight excluding hydrogens is 260 g/mol. The molecule has 80 valence electrons. The standard InChI is InChI=1S/C11H11BrO3/c1-6(2)8-4-3-7(5-9(8)12)10(13)11(14)15/h3-6H,1-2H3,(H,14,15). The molecule has 1 N–H and O–H groups in total. The summed E-state index contributed by atoms with van der Waals surface area (Å²) in [5, 5.41) is 8.54. The number of Topliss-reactive ketones (excluding diaryl/α,β-unsaturated/α-hetero) is 1. The summed E-state index contributed by atoms with van der Waals surface area (Å²) in [5.41, 5.74) is 1.25. The lowest BCUT2D eigenvalue weighted by Gasteiger charge is -2.08. The molecule has 15 heavy (non-hydrogen) atoms. The summed E-state index contributed by atoms with van der Waals surface area (Å²) >= 11 is 3.32. The minimum atomic E-state index is -1.43. The first-order valence-electron chi connectivity index (χ1n) is 4.50. The predicted octanol–water partition coefficient (Wildman–Crippen LogP) is 2.84. The average Bonchev–Trinajstić information content (AvgIpc) is 2.15. The van der Waals surface area contributed by atoms with Crippen LogP contribution in [0.2, 0.25) is 0 Å². The fourth-order valence-corrected chi connectivity index (χ4v) is 2.10. The summed E-state index contributed by atoms with van der Waals surface area (Å²) in [4.78, 5) is 21.6. The maximum absolute atomic E-state index is 11.2. The van der Waals surface area contributed by atoms with Crippen molar-refractivity contribution >= 4 is 27.7 Å². The fraction of sp³-hybridized carbons (Fsp3) is 0.273. The van der Waals surface area contributed by atoms with Crippen molar-refractivity contribution < 1.29 is 14.7 Å². The van der Waals surface area contributed by atoms with Crippen LogP contribution in [0.25, 0.3) is 0 Å². The Labute approximate surface area is 96.2 Å². The van der Waals surface area contributed by atoms with E-state index in [1.165, 1.54) is 6.07 Å². The maximum Gasteiger partial charge on any atom is 0.377 e. The third-order valence-corrected chi connectivity index (χ3v) is 2.77. The van der Waals surface area contributed by atoms with Gasteiger partial charge in [0.15, 0.2) is 0 Å². The first kappa shape index (κ1) is 11.9. The lowest BCUT2D eigenvalue weighted by molar-refractivity contribution is -0.131. The number of rotatable bonds is 3. The Morgan fingerprint density at radius 2 is 1.93 bits per heavy atom. The zero-order valence-corrected chi connectivity index (χ0v) is 10.0. The van der Waals surface area contributed by atoms with E-state index >= 15 is 0 Å². The molecule has 0 aromatic heterocycles. The van der Waals surface area contributed by atoms with Crippen molar-refractivity contribution in [2.45, 2.75) is 19.8 Å². The summed E-state index contributed by atoms with van der Waals surface area (Å²) in [6, 6.07) is 4.85. The van der Waals surface area contributed by atoms with E-state index < -0.39 is 11.8 Å². The van der Waals surface area contributed by atoms with Crippen LogP contribution in [0.15, 0.2) is 22.7 Å². The molecule has 0 aliphatic heterocycles. The lowest BCUT2D eigenvalue weighted by atomic mass is 10.0. The monoisotopic (exact) mass is 270 g/mol. The van der Waals surface area contributed by atoms with Gasteiger partial charge in [-0.2, -0.15) is 0 Å². The Bertz CT molecular complexity index is 410. The molecule has 1 aromatic rings.